The minimum atomic E-state index is -0.987. The first-order valence-electron chi connectivity index (χ1n) is 5.11. The zero-order valence-corrected chi connectivity index (χ0v) is 9.34. The van der Waals surface area contributed by atoms with Crippen molar-refractivity contribution >= 4 is 11.9 Å². The lowest BCUT2D eigenvalue weighted by molar-refractivity contribution is -0.210. The van der Waals surface area contributed by atoms with Crippen molar-refractivity contribution in [2.24, 2.45) is 0 Å². The van der Waals surface area contributed by atoms with Crippen molar-refractivity contribution < 1.29 is 28.9 Å². The Morgan fingerprint density at radius 3 is 2.56 bits per heavy atom. The highest BCUT2D eigenvalue weighted by molar-refractivity contribution is 5.66. The average molecular weight is 232 g/mol. The molecule has 1 saturated heterocycles. The molecule has 1 aliphatic rings. The fourth-order valence-corrected chi connectivity index (χ4v) is 1.60. The molecule has 0 aromatic heterocycles. The Morgan fingerprint density at radius 2 is 2.00 bits per heavy atom. The second-order valence-electron chi connectivity index (χ2n) is 3.72. The molecule has 92 valence electrons. The number of esters is 2. The largest absolute Gasteiger partial charge is 0.463 e. The summed E-state index contributed by atoms with van der Waals surface area (Å²) in [6.45, 7) is 2.66. The molecule has 1 unspecified atom stereocenters. The number of hydrogen-bond acceptors (Lipinski definition) is 6. The number of rotatable bonds is 3. The van der Waals surface area contributed by atoms with Gasteiger partial charge >= 0.3 is 11.9 Å². The van der Waals surface area contributed by atoms with E-state index in [1.807, 2.05) is 0 Å². The van der Waals surface area contributed by atoms with Gasteiger partial charge in [-0.3, -0.25) is 9.59 Å². The van der Waals surface area contributed by atoms with Crippen LogP contribution >= 0.6 is 0 Å². The second kappa shape index (κ2) is 5.81. The summed E-state index contributed by atoms with van der Waals surface area (Å²) in [6, 6.07) is 0. The van der Waals surface area contributed by atoms with Crippen molar-refractivity contribution in [2.45, 2.75) is 45.2 Å². The van der Waals surface area contributed by atoms with E-state index in [1.54, 1.807) is 0 Å². The lowest BCUT2D eigenvalue weighted by Gasteiger charge is -2.31. The fraction of sp³-hybridized carbons (Fsp3) is 0.800. The molecule has 6 heteroatoms. The predicted octanol–water partition coefficient (Wildman–Crippen LogP) is -0.0214. The van der Waals surface area contributed by atoms with Gasteiger partial charge in [0.15, 0.2) is 6.29 Å². The van der Waals surface area contributed by atoms with E-state index in [4.69, 9.17) is 14.2 Å². The number of aliphatic hydroxyl groups is 1. The fourth-order valence-electron chi connectivity index (χ4n) is 1.60. The summed E-state index contributed by atoms with van der Waals surface area (Å²) in [7, 11) is 0. The number of hydrogen-bond donors (Lipinski definition) is 1. The predicted molar refractivity (Wildman–Crippen MR) is 52.3 cm³/mol. The summed E-state index contributed by atoms with van der Waals surface area (Å²) >= 11 is 0. The van der Waals surface area contributed by atoms with Crippen LogP contribution in [-0.2, 0) is 23.8 Å². The van der Waals surface area contributed by atoms with Crippen LogP contribution < -0.4 is 0 Å². The smallest absolute Gasteiger partial charge is 0.302 e. The summed E-state index contributed by atoms with van der Waals surface area (Å²) in [5.74, 6) is -0.807. The quantitative estimate of drug-likeness (QED) is 0.688. The molecule has 0 amide bonds. The summed E-state index contributed by atoms with van der Waals surface area (Å²) in [5.41, 5.74) is 0. The summed E-state index contributed by atoms with van der Waals surface area (Å²) in [4.78, 5) is 21.4. The lowest BCUT2D eigenvalue weighted by atomic mass is 10.1. The molecule has 0 aliphatic carbocycles. The third-order valence-electron chi connectivity index (χ3n) is 2.14. The summed E-state index contributed by atoms with van der Waals surface area (Å²) in [5, 5.41) is 9.37. The Kier molecular flexibility index (Phi) is 4.70. The van der Waals surface area contributed by atoms with E-state index in [1.165, 1.54) is 13.8 Å². The highest BCUT2D eigenvalue weighted by Gasteiger charge is 2.30. The van der Waals surface area contributed by atoms with Crippen LogP contribution in [0.4, 0.5) is 0 Å². The Morgan fingerprint density at radius 1 is 1.31 bits per heavy atom. The van der Waals surface area contributed by atoms with Gasteiger partial charge in [-0.2, -0.15) is 0 Å². The Hall–Kier alpha value is -1.14. The third-order valence-corrected chi connectivity index (χ3v) is 2.14. The first kappa shape index (κ1) is 12.9. The van der Waals surface area contributed by atoms with E-state index in [2.05, 4.69) is 0 Å². The third kappa shape index (κ3) is 4.59. The van der Waals surface area contributed by atoms with Crippen LogP contribution in [0.1, 0.15) is 26.7 Å². The Bertz CT molecular complexity index is 264. The van der Waals surface area contributed by atoms with E-state index in [0.29, 0.717) is 6.42 Å². The topological polar surface area (TPSA) is 82.1 Å². The molecule has 6 nitrogen and oxygen atoms in total. The molecule has 1 heterocycles. The van der Waals surface area contributed by atoms with Gasteiger partial charge in [0.1, 0.15) is 12.7 Å². The van der Waals surface area contributed by atoms with Gasteiger partial charge in [0.25, 0.3) is 0 Å². The lowest BCUT2D eigenvalue weighted by Crippen LogP contribution is -2.40. The minimum Gasteiger partial charge on any atom is -0.463 e. The maximum atomic E-state index is 10.8. The van der Waals surface area contributed by atoms with E-state index < -0.39 is 24.3 Å². The van der Waals surface area contributed by atoms with Gasteiger partial charge in [-0.05, 0) is 0 Å². The molecule has 0 aromatic carbocycles. The van der Waals surface area contributed by atoms with Gasteiger partial charge in [-0.1, -0.05) is 0 Å². The normalized spacial score (nSPS) is 29.6. The van der Waals surface area contributed by atoms with Crippen LogP contribution in [0.3, 0.4) is 0 Å². The summed E-state index contributed by atoms with van der Waals surface area (Å²) in [6.07, 6.45) is -1.14. The van der Waals surface area contributed by atoms with Gasteiger partial charge in [-0.25, -0.2) is 0 Å². The first-order chi connectivity index (χ1) is 7.47. The second-order valence-corrected chi connectivity index (χ2v) is 3.72. The molecule has 16 heavy (non-hydrogen) atoms. The zero-order chi connectivity index (χ0) is 12.1. The van der Waals surface area contributed by atoms with E-state index in [-0.39, 0.29) is 19.1 Å². The van der Waals surface area contributed by atoms with Crippen LogP contribution in [0.25, 0.3) is 0 Å². The average Bonchev–Trinajstić information content (AvgIpc) is 2.12. The van der Waals surface area contributed by atoms with Crippen molar-refractivity contribution in [1.82, 2.24) is 0 Å². The molecular weight excluding hydrogens is 216 g/mol. The standard InChI is InChI=1S/C10H16O6/c1-6(11)14-5-9-3-8(15-7(2)12)4-10(13)16-9/h8-10,13H,3-5H2,1-2H3/t8-,9-,10?/m0/s1. The molecule has 0 spiro atoms. The van der Waals surface area contributed by atoms with Gasteiger partial charge in [-0.15, -0.1) is 0 Å². The van der Waals surface area contributed by atoms with Crippen LogP contribution in [0.2, 0.25) is 0 Å². The van der Waals surface area contributed by atoms with Gasteiger partial charge in [0, 0.05) is 26.7 Å². The van der Waals surface area contributed by atoms with Gasteiger partial charge in [0.2, 0.25) is 0 Å². The highest BCUT2D eigenvalue weighted by atomic mass is 16.6. The molecule has 1 N–H and O–H groups in total. The van der Waals surface area contributed by atoms with Crippen LogP contribution in [0.5, 0.6) is 0 Å². The molecule has 1 aliphatic heterocycles. The van der Waals surface area contributed by atoms with Crippen LogP contribution in [-0.4, -0.2) is 42.1 Å². The first-order valence-corrected chi connectivity index (χ1v) is 5.11. The van der Waals surface area contributed by atoms with Gasteiger partial charge < -0.3 is 19.3 Å². The Labute approximate surface area is 93.5 Å². The molecule has 0 aromatic rings. The van der Waals surface area contributed by atoms with Gasteiger partial charge in [0.05, 0.1) is 6.10 Å². The number of carbonyl (C=O) groups is 2. The maximum absolute atomic E-state index is 10.8. The molecule has 0 saturated carbocycles. The number of aliphatic hydroxyl groups excluding tert-OH is 1. The van der Waals surface area contributed by atoms with Crippen molar-refractivity contribution in [3.8, 4) is 0 Å². The SMILES string of the molecule is CC(=O)OC[C@@H]1C[C@H](OC(C)=O)CC(O)O1. The van der Waals surface area contributed by atoms with Crippen molar-refractivity contribution in [2.75, 3.05) is 6.61 Å². The van der Waals surface area contributed by atoms with E-state index >= 15 is 0 Å². The zero-order valence-electron chi connectivity index (χ0n) is 9.34. The van der Waals surface area contributed by atoms with E-state index in [9.17, 15) is 14.7 Å². The number of ether oxygens (including phenoxy) is 3. The molecule has 1 fully saturated rings. The molecule has 0 bridgehead atoms. The van der Waals surface area contributed by atoms with Crippen molar-refractivity contribution in [3.63, 3.8) is 0 Å². The van der Waals surface area contributed by atoms with E-state index in [0.717, 1.165) is 0 Å². The molecular formula is C10H16O6. The monoisotopic (exact) mass is 232 g/mol. The highest BCUT2D eigenvalue weighted by Crippen LogP contribution is 2.21. The van der Waals surface area contributed by atoms with Crippen LogP contribution in [0, 0.1) is 0 Å². The number of carbonyl (C=O) groups excluding carboxylic acids is 2. The molecule has 1 rings (SSSR count). The Balaban J connectivity index is 2.40. The summed E-state index contributed by atoms with van der Waals surface area (Å²) < 4.78 is 14.9. The molecule has 0 radical (unpaired) electrons. The maximum Gasteiger partial charge on any atom is 0.302 e. The van der Waals surface area contributed by atoms with Crippen LogP contribution in [0.15, 0.2) is 0 Å². The minimum absolute atomic E-state index is 0.0597. The molecule has 3 atom stereocenters. The van der Waals surface area contributed by atoms with Crippen molar-refractivity contribution in [1.29, 1.82) is 0 Å². The van der Waals surface area contributed by atoms with Crippen molar-refractivity contribution in [3.05, 3.63) is 0 Å².